The number of aromatic nitrogens is 3. The van der Waals surface area contributed by atoms with Crippen molar-refractivity contribution in [2.75, 3.05) is 26.2 Å². The number of pyridine rings is 1. The molecule has 4 rings (SSSR count). The number of hydrogen-bond donors (Lipinski definition) is 0. The van der Waals surface area contributed by atoms with Gasteiger partial charge in [0.1, 0.15) is 5.69 Å². The summed E-state index contributed by atoms with van der Waals surface area (Å²) in [6.07, 6.45) is 8.41. The van der Waals surface area contributed by atoms with E-state index in [1.54, 1.807) is 18.7 Å². The van der Waals surface area contributed by atoms with Gasteiger partial charge in [0.05, 0.1) is 18.4 Å². The zero-order chi connectivity index (χ0) is 23.2. The topological polar surface area (TPSA) is 71.3 Å². The molecule has 3 heterocycles. The van der Waals surface area contributed by atoms with Crippen LogP contribution in [-0.2, 0) is 17.8 Å². The van der Waals surface area contributed by atoms with Crippen molar-refractivity contribution < 1.29 is 9.59 Å². The van der Waals surface area contributed by atoms with Crippen molar-refractivity contribution in [3.63, 3.8) is 0 Å². The van der Waals surface area contributed by atoms with Crippen LogP contribution in [-0.4, -0.2) is 62.3 Å². The first-order chi connectivity index (χ1) is 16.1. The number of benzene rings is 1. The number of rotatable bonds is 7. The number of imidazole rings is 1. The molecule has 0 N–H and O–H groups in total. The quantitative estimate of drug-likeness (QED) is 0.558. The monoisotopic (exact) mass is 445 g/mol. The van der Waals surface area contributed by atoms with Crippen molar-refractivity contribution >= 4 is 11.8 Å². The van der Waals surface area contributed by atoms with Gasteiger partial charge in [-0.1, -0.05) is 37.3 Å². The molecular weight excluding hydrogens is 414 g/mol. The summed E-state index contributed by atoms with van der Waals surface area (Å²) in [5.74, 6) is -0.199. The molecule has 172 valence electrons. The van der Waals surface area contributed by atoms with Gasteiger partial charge in [-0.25, -0.2) is 4.98 Å². The minimum absolute atomic E-state index is 0.0579. The minimum Gasteiger partial charge on any atom is -0.341 e. The van der Waals surface area contributed by atoms with E-state index in [-0.39, 0.29) is 17.7 Å². The molecule has 2 amide bonds. The van der Waals surface area contributed by atoms with Gasteiger partial charge in [-0.15, -0.1) is 0 Å². The Labute approximate surface area is 195 Å². The summed E-state index contributed by atoms with van der Waals surface area (Å²) in [5, 5.41) is 0. The fraction of sp³-hybridized carbons (Fsp3) is 0.385. The van der Waals surface area contributed by atoms with E-state index in [4.69, 9.17) is 0 Å². The van der Waals surface area contributed by atoms with E-state index in [1.807, 2.05) is 39.6 Å². The maximum atomic E-state index is 13.4. The van der Waals surface area contributed by atoms with Crippen molar-refractivity contribution in [2.24, 2.45) is 5.92 Å². The highest BCUT2D eigenvalue weighted by atomic mass is 16.2. The predicted molar refractivity (Wildman–Crippen MR) is 128 cm³/mol. The molecule has 0 unspecified atom stereocenters. The van der Waals surface area contributed by atoms with E-state index >= 15 is 0 Å². The van der Waals surface area contributed by atoms with Crippen LogP contribution in [0.5, 0.6) is 0 Å². The standard InChI is InChI=1S/C26H31N5O2/c1-3-12-30-13-14-31(26(33)24-17-28-19-29(24)4-2)18-23(25(30)32)15-20-7-9-21(10-8-20)22-6-5-11-27-16-22/h5-11,16-17,19,23H,3-4,12-15,18H2,1-2H3/t23-/m0/s1. The van der Waals surface area contributed by atoms with Gasteiger partial charge in [0.15, 0.2) is 0 Å². The van der Waals surface area contributed by atoms with Crippen molar-refractivity contribution in [3.8, 4) is 11.1 Å². The fourth-order valence-electron chi connectivity index (χ4n) is 4.44. The van der Waals surface area contributed by atoms with Crippen LogP contribution in [0.3, 0.4) is 0 Å². The number of carbonyl (C=O) groups is 2. The molecule has 0 radical (unpaired) electrons. The summed E-state index contributed by atoms with van der Waals surface area (Å²) in [4.78, 5) is 38.7. The third kappa shape index (κ3) is 5.13. The van der Waals surface area contributed by atoms with Gasteiger partial charge in [0.2, 0.25) is 5.91 Å². The lowest BCUT2D eigenvalue weighted by molar-refractivity contribution is -0.134. The molecule has 2 aromatic heterocycles. The van der Waals surface area contributed by atoms with E-state index in [0.717, 1.165) is 23.1 Å². The third-order valence-electron chi connectivity index (χ3n) is 6.23. The Morgan fingerprint density at radius 1 is 1.03 bits per heavy atom. The van der Waals surface area contributed by atoms with Crippen molar-refractivity contribution in [3.05, 3.63) is 72.6 Å². The van der Waals surface area contributed by atoms with E-state index in [2.05, 4.69) is 41.2 Å². The molecule has 0 bridgehead atoms. The number of amides is 2. The molecule has 1 saturated heterocycles. The van der Waals surface area contributed by atoms with E-state index in [0.29, 0.717) is 44.8 Å². The second-order valence-electron chi connectivity index (χ2n) is 8.48. The zero-order valence-corrected chi connectivity index (χ0v) is 19.4. The SMILES string of the molecule is CCCN1CCN(C(=O)c2cncn2CC)C[C@H](Cc2ccc(-c3cccnc3)cc2)C1=O. The summed E-state index contributed by atoms with van der Waals surface area (Å²) in [6, 6.07) is 12.2. The molecule has 7 heteroatoms. The van der Waals surface area contributed by atoms with Gasteiger partial charge in [-0.05, 0) is 42.5 Å². The van der Waals surface area contributed by atoms with E-state index < -0.39 is 0 Å². The second-order valence-corrected chi connectivity index (χ2v) is 8.48. The summed E-state index contributed by atoms with van der Waals surface area (Å²) >= 11 is 0. The molecule has 1 aliphatic rings. The fourth-order valence-corrected chi connectivity index (χ4v) is 4.44. The van der Waals surface area contributed by atoms with Gasteiger partial charge < -0.3 is 14.4 Å². The Balaban J connectivity index is 1.54. The Bertz CT molecular complexity index is 1080. The Kier molecular flexibility index (Phi) is 7.17. The maximum Gasteiger partial charge on any atom is 0.272 e. The summed E-state index contributed by atoms with van der Waals surface area (Å²) < 4.78 is 1.85. The zero-order valence-electron chi connectivity index (χ0n) is 19.4. The number of hydrogen-bond acceptors (Lipinski definition) is 4. The summed E-state index contributed by atoms with van der Waals surface area (Å²) in [6.45, 7) is 6.98. The van der Waals surface area contributed by atoms with Crippen LogP contribution in [0.2, 0.25) is 0 Å². The molecule has 1 aromatic carbocycles. The van der Waals surface area contributed by atoms with E-state index in [9.17, 15) is 9.59 Å². The van der Waals surface area contributed by atoms with Gasteiger partial charge >= 0.3 is 0 Å². The van der Waals surface area contributed by atoms with Gasteiger partial charge in [-0.3, -0.25) is 14.6 Å². The normalized spacial score (nSPS) is 16.7. The highest BCUT2D eigenvalue weighted by Gasteiger charge is 2.33. The average Bonchev–Trinajstić information content (AvgIpc) is 3.28. The van der Waals surface area contributed by atoms with Crippen LogP contribution in [0.1, 0.15) is 36.3 Å². The lowest BCUT2D eigenvalue weighted by atomic mass is 9.96. The van der Waals surface area contributed by atoms with Crippen LogP contribution in [0.15, 0.2) is 61.3 Å². The molecular formula is C26H31N5O2. The third-order valence-corrected chi connectivity index (χ3v) is 6.23. The molecule has 3 aromatic rings. The molecule has 0 aliphatic carbocycles. The lowest BCUT2D eigenvalue weighted by Crippen LogP contribution is -2.38. The summed E-state index contributed by atoms with van der Waals surface area (Å²) in [7, 11) is 0. The Morgan fingerprint density at radius 3 is 2.55 bits per heavy atom. The molecule has 1 atom stereocenters. The number of nitrogens with zero attached hydrogens (tertiary/aromatic N) is 5. The maximum absolute atomic E-state index is 13.4. The highest BCUT2D eigenvalue weighted by Crippen LogP contribution is 2.22. The van der Waals surface area contributed by atoms with Crippen molar-refractivity contribution in [1.29, 1.82) is 0 Å². The second kappa shape index (κ2) is 10.4. The smallest absolute Gasteiger partial charge is 0.272 e. The molecule has 0 saturated carbocycles. The largest absolute Gasteiger partial charge is 0.341 e. The predicted octanol–water partition coefficient (Wildman–Crippen LogP) is 3.52. The van der Waals surface area contributed by atoms with Crippen LogP contribution < -0.4 is 0 Å². The van der Waals surface area contributed by atoms with Gasteiger partial charge in [0, 0.05) is 45.1 Å². The van der Waals surface area contributed by atoms with Crippen LogP contribution in [0.4, 0.5) is 0 Å². The Hall–Kier alpha value is -3.48. The molecule has 33 heavy (non-hydrogen) atoms. The van der Waals surface area contributed by atoms with Crippen molar-refractivity contribution in [2.45, 2.75) is 33.2 Å². The molecule has 7 nitrogen and oxygen atoms in total. The van der Waals surface area contributed by atoms with Gasteiger partial charge in [0.25, 0.3) is 5.91 Å². The van der Waals surface area contributed by atoms with Crippen LogP contribution in [0, 0.1) is 5.92 Å². The summed E-state index contributed by atoms with van der Waals surface area (Å²) in [5.41, 5.74) is 3.82. The first kappa shape index (κ1) is 22.7. The van der Waals surface area contributed by atoms with E-state index in [1.165, 1.54) is 0 Å². The molecule has 1 fully saturated rings. The molecule has 0 spiro atoms. The minimum atomic E-state index is -0.273. The first-order valence-corrected chi connectivity index (χ1v) is 11.7. The van der Waals surface area contributed by atoms with Crippen molar-refractivity contribution in [1.82, 2.24) is 24.3 Å². The van der Waals surface area contributed by atoms with Crippen LogP contribution in [0.25, 0.3) is 11.1 Å². The van der Waals surface area contributed by atoms with Gasteiger partial charge in [-0.2, -0.15) is 0 Å². The van der Waals surface area contributed by atoms with Crippen LogP contribution >= 0.6 is 0 Å². The number of aryl methyl sites for hydroxylation is 1. The first-order valence-electron chi connectivity index (χ1n) is 11.7. The lowest BCUT2D eigenvalue weighted by Gasteiger charge is -2.24. The molecule has 1 aliphatic heterocycles. The Morgan fingerprint density at radius 2 is 1.85 bits per heavy atom. The highest BCUT2D eigenvalue weighted by molar-refractivity contribution is 5.93. The number of carbonyl (C=O) groups excluding carboxylic acids is 2. The average molecular weight is 446 g/mol.